The number of piperazine rings is 1. The number of hydrazine groups is 1. The Labute approximate surface area is 230 Å². The van der Waals surface area contributed by atoms with Crippen LogP contribution >= 0.6 is 23.2 Å². The Balaban J connectivity index is 0.00000121. The molecule has 0 aliphatic carbocycles. The van der Waals surface area contributed by atoms with Crippen molar-refractivity contribution >= 4 is 29.1 Å². The number of nitrogens with zero attached hydrogens (tertiary/aromatic N) is 4. The molecule has 0 bridgehead atoms. The lowest BCUT2D eigenvalue weighted by Crippen LogP contribution is -2.69. The molecule has 0 saturated carbocycles. The molecule has 0 aromatic heterocycles. The molecule has 200 valence electrons. The number of nitrogens with one attached hydrogen (secondary N) is 1. The number of likely N-dealkylation sites (N-methyl/N-ethyl adjacent to an activating group) is 1. The zero-order valence-electron chi connectivity index (χ0n) is 22.1. The van der Waals surface area contributed by atoms with Gasteiger partial charge in [-0.15, -0.1) is 0 Å². The van der Waals surface area contributed by atoms with Gasteiger partial charge in [-0.1, -0.05) is 74.8 Å². The molecule has 0 radical (unpaired) electrons. The predicted molar refractivity (Wildman–Crippen MR) is 151 cm³/mol. The lowest BCUT2D eigenvalue weighted by Gasteiger charge is -2.54. The minimum atomic E-state index is -0.223. The summed E-state index contributed by atoms with van der Waals surface area (Å²) in [4.78, 5) is 16.9. The lowest BCUT2D eigenvalue weighted by molar-refractivity contribution is -0.173. The highest BCUT2D eigenvalue weighted by Gasteiger charge is 2.42. The monoisotopic (exact) mass is 545 g/mol. The Kier molecular flexibility index (Phi) is 10.1. The van der Waals surface area contributed by atoms with E-state index in [9.17, 15) is 4.79 Å². The van der Waals surface area contributed by atoms with Crippen LogP contribution in [0, 0.1) is 0 Å². The van der Waals surface area contributed by atoms with Crippen molar-refractivity contribution in [1.82, 2.24) is 25.1 Å². The second kappa shape index (κ2) is 13.1. The molecular weight excluding hydrogens is 509 g/mol. The average molecular weight is 547 g/mol. The fourth-order valence-electron chi connectivity index (χ4n) is 4.33. The summed E-state index contributed by atoms with van der Waals surface area (Å²) in [5, 5.41) is 8.58. The van der Waals surface area contributed by atoms with Crippen LogP contribution in [0.4, 0.5) is 0 Å². The number of hydrogen-bond donors (Lipinski definition) is 1. The maximum absolute atomic E-state index is 12.8. The molecule has 1 amide bonds. The second-order valence-corrected chi connectivity index (χ2v) is 10.0. The molecule has 2 fully saturated rings. The van der Waals surface area contributed by atoms with Crippen molar-refractivity contribution in [3.8, 4) is 5.75 Å². The highest BCUT2D eigenvalue weighted by atomic mass is 35.5. The van der Waals surface area contributed by atoms with Gasteiger partial charge in [0.05, 0.1) is 26.7 Å². The molecule has 2 aliphatic rings. The average Bonchev–Trinajstić information content (AvgIpc) is 2.86. The van der Waals surface area contributed by atoms with Crippen molar-refractivity contribution in [2.24, 2.45) is 0 Å². The first-order valence-corrected chi connectivity index (χ1v) is 13.2. The summed E-state index contributed by atoms with van der Waals surface area (Å²) in [6.07, 6.45) is 1.03. The molecule has 2 saturated heterocycles. The van der Waals surface area contributed by atoms with Crippen LogP contribution in [0.15, 0.2) is 67.1 Å². The fraction of sp³-hybridized carbons (Fsp3) is 0.393. The molecule has 1 unspecified atom stereocenters. The van der Waals surface area contributed by atoms with Gasteiger partial charge in [-0.2, -0.15) is 0 Å². The molecule has 1 N–H and O–H groups in total. The number of carbonyl (C=O) groups is 1. The van der Waals surface area contributed by atoms with E-state index in [1.54, 1.807) is 13.2 Å². The third-order valence-corrected chi connectivity index (χ3v) is 6.77. The summed E-state index contributed by atoms with van der Waals surface area (Å²) < 4.78 is 5.23. The van der Waals surface area contributed by atoms with Gasteiger partial charge in [-0.05, 0) is 35.4 Å². The van der Waals surface area contributed by atoms with Crippen LogP contribution in [0.2, 0.25) is 10.0 Å². The smallest absolute Gasteiger partial charge is 0.240 e. The van der Waals surface area contributed by atoms with Crippen LogP contribution in [0.1, 0.15) is 31.4 Å². The minimum Gasteiger partial charge on any atom is -0.497 e. The number of ether oxygens (including phenoxy) is 1. The first-order valence-electron chi connectivity index (χ1n) is 12.4. The number of benzene rings is 2. The highest BCUT2D eigenvalue weighted by Crippen LogP contribution is 2.30. The van der Waals surface area contributed by atoms with E-state index < -0.39 is 0 Å². The van der Waals surface area contributed by atoms with Crippen LogP contribution in [0.3, 0.4) is 0 Å². The third kappa shape index (κ3) is 7.12. The van der Waals surface area contributed by atoms with Crippen molar-refractivity contribution in [2.75, 3.05) is 33.8 Å². The summed E-state index contributed by atoms with van der Waals surface area (Å²) in [6, 6.07) is 13.4. The van der Waals surface area contributed by atoms with Crippen molar-refractivity contribution in [3.63, 3.8) is 0 Å². The molecule has 2 aromatic rings. The summed E-state index contributed by atoms with van der Waals surface area (Å²) in [5.74, 6) is 1.60. The van der Waals surface area contributed by atoms with Crippen molar-refractivity contribution in [3.05, 3.63) is 88.3 Å². The largest absolute Gasteiger partial charge is 0.497 e. The van der Waals surface area contributed by atoms with Gasteiger partial charge in [0.1, 0.15) is 17.7 Å². The van der Waals surface area contributed by atoms with Gasteiger partial charge < -0.3 is 19.9 Å². The molecule has 7 nitrogen and oxygen atoms in total. The maximum Gasteiger partial charge on any atom is 0.240 e. The number of amides is 1. The van der Waals surface area contributed by atoms with Gasteiger partial charge in [0.2, 0.25) is 5.91 Å². The van der Waals surface area contributed by atoms with E-state index in [0.717, 1.165) is 28.4 Å². The summed E-state index contributed by atoms with van der Waals surface area (Å²) in [5.41, 5.74) is 2.93. The van der Waals surface area contributed by atoms with Crippen LogP contribution in [0.25, 0.3) is 0 Å². The number of methoxy groups -OCH3 is 1. The predicted octanol–water partition coefficient (Wildman–Crippen LogP) is 5.33. The van der Waals surface area contributed by atoms with E-state index in [4.69, 9.17) is 27.9 Å². The standard InChI is InChI=1S/C25H29Cl2N5O2.C3H8/c1-17-13-31-24(15-30(17)14-20-7-8-21(26)11-23(20)27)32(29(3)16-25(31)33)18(2)28-12-19-5-9-22(34-4)10-6-19;1-3-2/h5-11,24,28H,1-2,12-16H2,3-4H3;3H2,1-2H3. The Hall–Kier alpha value is -2.87. The van der Waals surface area contributed by atoms with E-state index in [-0.39, 0.29) is 18.6 Å². The van der Waals surface area contributed by atoms with Gasteiger partial charge >= 0.3 is 0 Å². The van der Waals surface area contributed by atoms with Gasteiger partial charge in [0.25, 0.3) is 0 Å². The van der Waals surface area contributed by atoms with Crippen LogP contribution in [-0.2, 0) is 17.9 Å². The molecule has 9 heteroatoms. The maximum atomic E-state index is 12.8. The zero-order valence-corrected chi connectivity index (χ0v) is 23.6. The molecule has 2 aromatic carbocycles. The van der Waals surface area contributed by atoms with Crippen LogP contribution < -0.4 is 10.1 Å². The lowest BCUT2D eigenvalue weighted by atomic mass is 10.1. The second-order valence-electron chi connectivity index (χ2n) is 9.20. The van der Waals surface area contributed by atoms with Gasteiger partial charge in [-0.3, -0.25) is 9.80 Å². The highest BCUT2D eigenvalue weighted by molar-refractivity contribution is 6.35. The van der Waals surface area contributed by atoms with Gasteiger partial charge in [0, 0.05) is 35.9 Å². The van der Waals surface area contributed by atoms with E-state index in [1.807, 2.05) is 58.4 Å². The zero-order chi connectivity index (χ0) is 27.1. The quantitative estimate of drug-likeness (QED) is 0.507. The molecule has 2 aliphatic heterocycles. The van der Waals surface area contributed by atoms with E-state index >= 15 is 0 Å². The normalized spacial score (nSPS) is 17.7. The number of rotatable bonds is 7. The Morgan fingerprint density at radius 2 is 1.81 bits per heavy atom. The van der Waals surface area contributed by atoms with Gasteiger partial charge in [-0.25, -0.2) is 5.01 Å². The van der Waals surface area contributed by atoms with E-state index in [0.29, 0.717) is 36.2 Å². The van der Waals surface area contributed by atoms with Crippen LogP contribution in [-0.4, -0.2) is 65.7 Å². The minimum absolute atomic E-state index is 0.0667. The first kappa shape index (κ1) is 28.7. The fourth-order valence-corrected chi connectivity index (χ4v) is 4.80. The SMILES string of the molecule is C=C1CN2C(=O)CN(C)N(C(=C)NCc3ccc(OC)cc3)C2CN1Cc1ccc(Cl)cc1Cl.CCC. The van der Waals surface area contributed by atoms with Crippen molar-refractivity contribution < 1.29 is 9.53 Å². The summed E-state index contributed by atoms with van der Waals surface area (Å²) in [7, 11) is 3.55. The van der Waals surface area contributed by atoms with Crippen molar-refractivity contribution in [2.45, 2.75) is 39.5 Å². The first-order chi connectivity index (χ1) is 17.7. The molecular formula is C28H37Cl2N5O2. The third-order valence-electron chi connectivity index (χ3n) is 6.19. The molecule has 1 atom stereocenters. The Morgan fingerprint density at radius 3 is 2.43 bits per heavy atom. The van der Waals surface area contributed by atoms with E-state index in [1.165, 1.54) is 6.42 Å². The summed E-state index contributed by atoms with van der Waals surface area (Å²) in [6.45, 7) is 15.2. The topological polar surface area (TPSA) is 51.3 Å². The number of fused-ring (bicyclic) bond motifs is 1. The number of hydrogen-bond acceptors (Lipinski definition) is 6. The molecule has 0 spiro atoms. The van der Waals surface area contributed by atoms with Crippen molar-refractivity contribution in [1.29, 1.82) is 0 Å². The number of halogens is 2. The molecule has 4 rings (SSSR count). The Bertz CT molecular complexity index is 1110. The van der Waals surface area contributed by atoms with E-state index in [2.05, 4.69) is 37.2 Å². The van der Waals surface area contributed by atoms with Crippen LogP contribution in [0.5, 0.6) is 5.75 Å². The molecule has 2 heterocycles. The number of carbonyl (C=O) groups excluding carboxylic acids is 1. The summed E-state index contributed by atoms with van der Waals surface area (Å²) >= 11 is 12.5. The Morgan fingerprint density at radius 1 is 1.14 bits per heavy atom. The molecule has 37 heavy (non-hydrogen) atoms. The van der Waals surface area contributed by atoms with Gasteiger partial charge in [0.15, 0.2) is 0 Å².